The van der Waals surface area contributed by atoms with E-state index in [1.807, 2.05) is 0 Å². The van der Waals surface area contributed by atoms with Crippen LogP contribution in [-0.4, -0.2) is 8.42 Å². The molecule has 0 radical (unpaired) electrons. The predicted molar refractivity (Wildman–Crippen MR) is 81.3 cm³/mol. The molecular formula is C13H11Cl2FN2O2S. The maximum atomic E-state index is 13.0. The molecule has 2 aromatic carbocycles. The van der Waals surface area contributed by atoms with Gasteiger partial charge in [0.25, 0.3) is 0 Å². The van der Waals surface area contributed by atoms with Crippen molar-refractivity contribution in [1.29, 1.82) is 0 Å². The number of sulfonamides is 1. The number of hydrogen-bond donors (Lipinski definition) is 2. The van der Waals surface area contributed by atoms with Crippen LogP contribution in [0.2, 0.25) is 10.0 Å². The second-order valence-electron chi connectivity index (χ2n) is 4.26. The monoisotopic (exact) mass is 348 g/mol. The number of nitrogens with two attached hydrogens (primary N) is 1. The molecule has 0 aliphatic heterocycles. The van der Waals surface area contributed by atoms with E-state index in [-0.39, 0.29) is 27.2 Å². The zero-order valence-electron chi connectivity index (χ0n) is 10.6. The molecule has 0 atom stereocenters. The summed E-state index contributed by atoms with van der Waals surface area (Å²) in [5.74, 6) is -0.561. The van der Waals surface area contributed by atoms with Crippen molar-refractivity contribution in [2.45, 2.75) is 11.4 Å². The SMILES string of the molecule is Nc1cc(S(=O)(=O)NCc2ccc(F)c(Cl)c2)ccc1Cl. The molecule has 0 saturated carbocycles. The molecule has 0 amide bonds. The van der Waals surface area contributed by atoms with Crippen LogP contribution in [0.15, 0.2) is 41.3 Å². The highest BCUT2D eigenvalue weighted by molar-refractivity contribution is 7.89. The summed E-state index contributed by atoms with van der Waals surface area (Å²) in [7, 11) is -3.75. The van der Waals surface area contributed by atoms with E-state index in [4.69, 9.17) is 28.9 Å². The second kappa shape index (κ2) is 6.19. The van der Waals surface area contributed by atoms with Crippen molar-refractivity contribution in [3.63, 3.8) is 0 Å². The molecular weight excluding hydrogens is 338 g/mol. The van der Waals surface area contributed by atoms with Crippen molar-refractivity contribution >= 4 is 38.9 Å². The van der Waals surface area contributed by atoms with Crippen LogP contribution in [-0.2, 0) is 16.6 Å². The van der Waals surface area contributed by atoms with Crippen molar-refractivity contribution in [3.05, 3.63) is 57.8 Å². The van der Waals surface area contributed by atoms with Gasteiger partial charge in [0, 0.05) is 6.54 Å². The molecule has 2 aromatic rings. The summed E-state index contributed by atoms with van der Waals surface area (Å²) in [6, 6.07) is 7.99. The summed E-state index contributed by atoms with van der Waals surface area (Å²) in [6.07, 6.45) is 0. The van der Waals surface area contributed by atoms with E-state index in [2.05, 4.69) is 4.72 Å². The lowest BCUT2D eigenvalue weighted by Crippen LogP contribution is -2.23. The van der Waals surface area contributed by atoms with Gasteiger partial charge in [-0.05, 0) is 35.9 Å². The maximum Gasteiger partial charge on any atom is 0.240 e. The Balaban J connectivity index is 2.17. The molecule has 0 saturated heterocycles. The van der Waals surface area contributed by atoms with Crippen molar-refractivity contribution < 1.29 is 12.8 Å². The fraction of sp³-hybridized carbons (Fsp3) is 0.0769. The van der Waals surface area contributed by atoms with Crippen LogP contribution in [0.3, 0.4) is 0 Å². The molecule has 112 valence electrons. The summed E-state index contributed by atoms with van der Waals surface area (Å²) < 4.78 is 39.6. The molecule has 0 aliphatic rings. The van der Waals surface area contributed by atoms with Gasteiger partial charge in [0.1, 0.15) is 5.82 Å². The topological polar surface area (TPSA) is 72.2 Å². The summed E-state index contributed by atoms with van der Waals surface area (Å²) >= 11 is 11.4. The fourth-order valence-electron chi connectivity index (χ4n) is 1.60. The van der Waals surface area contributed by atoms with Crippen LogP contribution in [0, 0.1) is 5.82 Å². The molecule has 0 aliphatic carbocycles. The standard InChI is InChI=1S/C13H11Cl2FN2O2S/c14-10-3-2-9(6-13(10)17)21(19,20)18-7-8-1-4-12(16)11(15)5-8/h1-6,18H,7,17H2. The van der Waals surface area contributed by atoms with Crippen molar-refractivity contribution in [1.82, 2.24) is 4.72 Å². The molecule has 3 N–H and O–H groups in total. The van der Waals surface area contributed by atoms with Gasteiger partial charge in [-0.25, -0.2) is 17.5 Å². The minimum absolute atomic E-state index is 0.00221. The molecule has 2 rings (SSSR count). The van der Waals surface area contributed by atoms with E-state index in [0.29, 0.717) is 5.56 Å². The van der Waals surface area contributed by atoms with Crippen molar-refractivity contribution in [3.8, 4) is 0 Å². The summed E-state index contributed by atoms with van der Waals surface area (Å²) in [4.78, 5) is -0.00221. The zero-order valence-corrected chi connectivity index (χ0v) is 12.9. The third kappa shape index (κ3) is 3.85. The smallest absolute Gasteiger partial charge is 0.240 e. The number of nitrogens with one attached hydrogen (secondary N) is 1. The first kappa shape index (κ1) is 16.0. The largest absolute Gasteiger partial charge is 0.397 e. The Morgan fingerprint density at radius 3 is 2.43 bits per heavy atom. The lowest BCUT2D eigenvalue weighted by molar-refractivity contribution is 0.581. The first-order valence-corrected chi connectivity index (χ1v) is 8.02. The van der Waals surface area contributed by atoms with Gasteiger partial charge in [-0.1, -0.05) is 29.3 Å². The van der Waals surface area contributed by atoms with E-state index >= 15 is 0 Å². The Hall–Kier alpha value is -1.34. The molecule has 0 heterocycles. The van der Waals surface area contributed by atoms with Crippen molar-refractivity contribution in [2.24, 2.45) is 0 Å². The molecule has 0 aromatic heterocycles. The lowest BCUT2D eigenvalue weighted by Gasteiger charge is -2.08. The summed E-state index contributed by atoms with van der Waals surface area (Å²) in [5, 5.41) is 0.210. The molecule has 0 bridgehead atoms. The first-order chi connectivity index (χ1) is 9.79. The maximum absolute atomic E-state index is 13.0. The van der Waals surface area contributed by atoms with Crippen LogP contribution in [0.4, 0.5) is 10.1 Å². The normalized spacial score (nSPS) is 11.6. The highest BCUT2D eigenvalue weighted by Gasteiger charge is 2.15. The third-order valence-corrected chi connectivity index (χ3v) is 4.76. The third-order valence-electron chi connectivity index (χ3n) is 2.73. The van der Waals surface area contributed by atoms with Gasteiger partial charge >= 0.3 is 0 Å². The molecule has 4 nitrogen and oxygen atoms in total. The Morgan fingerprint density at radius 1 is 1.10 bits per heavy atom. The second-order valence-corrected chi connectivity index (χ2v) is 6.84. The van der Waals surface area contributed by atoms with Gasteiger partial charge in [-0.3, -0.25) is 0 Å². The highest BCUT2D eigenvalue weighted by atomic mass is 35.5. The molecule has 0 fully saturated rings. The van der Waals surface area contributed by atoms with Gasteiger partial charge in [0.15, 0.2) is 0 Å². The Labute approximate surface area is 131 Å². The Morgan fingerprint density at radius 2 is 1.81 bits per heavy atom. The lowest BCUT2D eigenvalue weighted by atomic mass is 10.2. The van der Waals surface area contributed by atoms with E-state index in [9.17, 15) is 12.8 Å². The first-order valence-electron chi connectivity index (χ1n) is 5.78. The zero-order chi connectivity index (χ0) is 15.6. The van der Waals surface area contributed by atoms with E-state index in [1.54, 1.807) is 0 Å². The Bertz CT molecular complexity index is 782. The number of anilines is 1. The number of hydrogen-bond acceptors (Lipinski definition) is 3. The number of halogens is 3. The van der Waals surface area contributed by atoms with Crippen LogP contribution in [0.25, 0.3) is 0 Å². The van der Waals surface area contributed by atoms with E-state index in [1.165, 1.54) is 36.4 Å². The summed E-state index contributed by atoms with van der Waals surface area (Å²) in [5.41, 5.74) is 6.28. The van der Waals surface area contributed by atoms with Gasteiger partial charge in [-0.15, -0.1) is 0 Å². The number of rotatable bonds is 4. The quantitative estimate of drug-likeness (QED) is 0.833. The van der Waals surface area contributed by atoms with Gasteiger partial charge in [0.05, 0.1) is 20.6 Å². The molecule has 0 unspecified atom stereocenters. The van der Waals surface area contributed by atoms with Crippen LogP contribution >= 0.6 is 23.2 Å². The molecule has 0 spiro atoms. The molecule has 8 heteroatoms. The van der Waals surface area contributed by atoms with E-state index < -0.39 is 15.8 Å². The Kier molecular flexibility index (Phi) is 4.73. The van der Waals surface area contributed by atoms with Crippen LogP contribution in [0.5, 0.6) is 0 Å². The van der Waals surface area contributed by atoms with Gasteiger partial charge in [0.2, 0.25) is 10.0 Å². The summed E-state index contributed by atoms with van der Waals surface area (Å²) in [6.45, 7) is -0.0230. The average molecular weight is 349 g/mol. The van der Waals surface area contributed by atoms with Gasteiger partial charge < -0.3 is 5.73 Å². The predicted octanol–water partition coefficient (Wildman–Crippen LogP) is 3.19. The highest BCUT2D eigenvalue weighted by Crippen LogP contribution is 2.22. The number of nitrogen functional groups attached to an aromatic ring is 1. The fourth-order valence-corrected chi connectivity index (χ4v) is 2.97. The number of benzene rings is 2. The minimum atomic E-state index is -3.75. The van der Waals surface area contributed by atoms with Crippen molar-refractivity contribution in [2.75, 3.05) is 5.73 Å². The minimum Gasteiger partial charge on any atom is -0.397 e. The average Bonchev–Trinajstić information content (AvgIpc) is 2.43. The molecule has 21 heavy (non-hydrogen) atoms. The van der Waals surface area contributed by atoms with Crippen LogP contribution < -0.4 is 10.5 Å². The van der Waals surface area contributed by atoms with E-state index in [0.717, 1.165) is 0 Å². The van der Waals surface area contributed by atoms with Crippen LogP contribution in [0.1, 0.15) is 5.56 Å². The van der Waals surface area contributed by atoms with Gasteiger partial charge in [-0.2, -0.15) is 0 Å².